The van der Waals surface area contributed by atoms with E-state index in [9.17, 15) is 13.2 Å². The SMILES string of the molecule is CCn1ncc2ccc(N(Cc3ccc(C(=O)NN)cc3)S(C)(=O)=O)cc21. The van der Waals surface area contributed by atoms with Crippen molar-refractivity contribution < 1.29 is 13.2 Å². The Kier molecular flexibility index (Phi) is 5.15. The lowest BCUT2D eigenvalue weighted by Gasteiger charge is -2.23. The number of nitrogens with one attached hydrogen (secondary N) is 1. The number of nitrogens with zero attached hydrogens (tertiary/aromatic N) is 3. The number of aryl methyl sites for hydroxylation is 1. The van der Waals surface area contributed by atoms with E-state index in [4.69, 9.17) is 5.84 Å². The van der Waals surface area contributed by atoms with Gasteiger partial charge in [-0.3, -0.25) is 19.2 Å². The van der Waals surface area contributed by atoms with Gasteiger partial charge in [-0.05, 0) is 42.8 Å². The zero-order chi connectivity index (χ0) is 19.6. The Balaban J connectivity index is 1.96. The number of amides is 1. The maximum Gasteiger partial charge on any atom is 0.265 e. The van der Waals surface area contributed by atoms with Crippen LogP contribution in [0.5, 0.6) is 0 Å². The Morgan fingerprint density at radius 2 is 1.93 bits per heavy atom. The van der Waals surface area contributed by atoms with Gasteiger partial charge in [-0.2, -0.15) is 5.10 Å². The van der Waals surface area contributed by atoms with E-state index in [2.05, 4.69) is 10.5 Å². The van der Waals surface area contributed by atoms with Crippen molar-refractivity contribution in [1.82, 2.24) is 15.2 Å². The number of hydrogen-bond donors (Lipinski definition) is 2. The molecule has 3 rings (SSSR count). The van der Waals surface area contributed by atoms with Crippen LogP contribution in [0.2, 0.25) is 0 Å². The number of aromatic nitrogens is 2. The average Bonchev–Trinajstić information content (AvgIpc) is 3.07. The van der Waals surface area contributed by atoms with Gasteiger partial charge in [0, 0.05) is 17.5 Å². The van der Waals surface area contributed by atoms with E-state index < -0.39 is 15.9 Å². The first-order valence-electron chi connectivity index (χ1n) is 8.36. The number of sulfonamides is 1. The van der Waals surface area contributed by atoms with Crippen molar-refractivity contribution in [3.8, 4) is 0 Å². The lowest BCUT2D eigenvalue weighted by molar-refractivity contribution is 0.0953. The van der Waals surface area contributed by atoms with Gasteiger partial charge in [0.05, 0.1) is 30.2 Å². The van der Waals surface area contributed by atoms with E-state index in [0.717, 1.165) is 16.5 Å². The van der Waals surface area contributed by atoms with Gasteiger partial charge in [0.1, 0.15) is 0 Å². The minimum atomic E-state index is -3.51. The Morgan fingerprint density at radius 1 is 1.22 bits per heavy atom. The maximum absolute atomic E-state index is 12.4. The lowest BCUT2D eigenvalue weighted by atomic mass is 10.1. The predicted molar refractivity (Wildman–Crippen MR) is 105 cm³/mol. The normalized spacial score (nSPS) is 11.5. The molecule has 0 spiro atoms. The third-order valence-electron chi connectivity index (χ3n) is 4.29. The summed E-state index contributed by atoms with van der Waals surface area (Å²) in [5.41, 5.74) is 4.65. The van der Waals surface area contributed by atoms with Crippen molar-refractivity contribution in [3.05, 3.63) is 59.8 Å². The summed E-state index contributed by atoms with van der Waals surface area (Å²) in [4.78, 5) is 11.5. The number of anilines is 1. The van der Waals surface area contributed by atoms with E-state index in [1.807, 2.05) is 23.7 Å². The monoisotopic (exact) mass is 387 g/mol. The quantitative estimate of drug-likeness (QED) is 0.379. The average molecular weight is 387 g/mol. The number of carbonyl (C=O) groups is 1. The van der Waals surface area contributed by atoms with Gasteiger partial charge in [0.15, 0.2) is 0 Å². The second-order valence-electron chi connectivity index (χ2n) is 6.14. The van der Waals surface area contributed by atoms with Gasteiger partial charge in [-0.25, -0.2) is 14.3 Å². The molecule has 1 aromatic heterocycles. The molecule has 0 atom stereocenters. The van der Waals surface area contributed by atoms with Crippen LogP contribution in [0.3, 0.4) is 0 Å². The summed E-state index contributed by atoms with van der Waals surface area (Å²) in [6.45, 7) is 2.82. The Labute approximate surface area is 157 Å². The molecule has 27 heavy (non-hydrogen) atoms. The fourth-order valence-electron chi connectivity index (χ4n) is 2.88. The Hall–Kier alpha value is -2.91. The van der Waals surface area contributed by atoms with Crippen molar-refractivity contribution in [1.29, 1.82) is 0 Å². The van der Waals surface area contributed by atoms with Crippen molar-refractivity contribution in [2.45, 2.75) is 20.0 Å². The Bertz CT molecular complexity index is 1070. The topological polar surface area (TPSA) is 110 Å². The number of nitrogen functional groups attached to an aromatic ring is 1. The zero-order valence-electron chi connectivity index (χ0n) is 15.1. The van der Waals surface area contributed by atoms with Gasteiger partial charge in [-0.15, -0.1) is 0 Å². The minimum absolute atomic E-state index is 0.148. The number of rotatable bonds is 6. The maximum atomic E-state index is 12.4. The molecule has 142 valence electrons. The number of hydrogen-bond acceptors (Lipinski definition) is 5. The van der Waals surface area contributed by atoms with Gasteiger partial charge in [-0.1, -0.05) is 12.1 Å². The molecule has 0 saturated heterocycles. The van der Waals surface area contributed by atoms with Crippen LogP contribution in [0.15, 0.2) is 48.7 Å². The zero-order valence-corrected chi connectivity index (χ0v) is 15.9. The number of fused-ring (bicyclic) bond motifs is 1. The molecule has 0 fully saturated rings. The lowest BCUT2D eigenvalue weighted by Crippen LogP contribution is -2.30. The van der Waals surface area contributed by atoms with Gasteiger partial charge >= 0.3 is 0 Å². The minimum Gasteiger partial charge on any atom is -0.290 e. The predicted octanol–water partition coefficient (Wildman–Crippen LogP) is 1.63. The highest BCUT2D eigenvalue weighted by atomic mass is 32.2. The molecule has 1 heterocycles. The van der Waals surface area contributed by atoms with Crippen molar-refractivity contribution >= 4 is 32.5 Å². The summed E-state index contributed by atoms with van der Waals surface area (Å²) in [6, 6.07) is 12.1. The van der Waals surface area contributed by atoms with E-state index in [-0.39, 0.29) is 6.54 Å². The van der Waals surface area contributed by atoms with Crippen LogP contribution in [0.4, 0.5) is 5.69 Å². The molecule has 0 bridgehead atoms. The first-order valence-corrected chi connectivity index (χ1v) is 10.2. The summed E-state index contributed by atoms with van der Waals surface area (Å²) in [6.07, 6.45) is 2.93. The number of carbonyl (C=O) groups excluding carboxylic acids is 1. The Morgan fingerprint density at radius 3 is 2.52 bits per heavy atom. The van der Waals surface area contributed by atoms with Crippen molar-refractivity contribution in [3.63, 3.8) is 0 Å². The van der Waals surface area contributed by atoms with Crippen molar-refractivity contribution in [2.75, 3.05) is 10.6 Å². The third kappa shape index (κ3) is 3.93. The van der Waals surface area contributed by atoms with Crippen molar-refractivity contribution in [2.24, 2.45) is 5.84 Å². The first-order chi connectivity index (χ1) is 12.8. The molecule has 9 heteroatoms. The molecule has 0 radical (unpaired) electrons. The largest absolute Gasteiger partial charge is 0.290 e. The summed E-state index contributed by atoms with van der Waals surface area (Å²) >= 11 is 0. The molecule has 8 nitrogen and oxygen atoms in total. The molecule has 0 unspecified atom stereocenters. The molecule has 3 aromatic rings. The molecule has 1 amide bonds. The van der Waals surface area contributed by atoms with E-state index in [0.29, 0.717) is 17.8 Å². The van der Waals surface area contributed by atoms with E-state index in [1.165, 1.54) is 10.6 Å². The highest BCUT2D eigenvalue weighted by Crippen LogP contribution is 2.25. The number of hydrazine groups is 1. The summed E-state index contributed by atoms with van der Waals surface area (Å²) in [5, 5.41) is 5.25. The molecule has 2 aromatic carbocycles. The van der Waals surface area contributed by atoms with Crippen LogP contribution in [0.1, 0.15) is 22.8 Å². The van der Waals surface area contributed by atoms with Crippen LogP contribution in [0, 0.1) is 0 Å². The number of benzene rings is 2. The third-order valence-corrected chi connectivity index (χ3v) is 5.43. The molecule has 3 N–H and O–H groups in total. The smallest absolute Gasteiger partial charge is 0.265 e. The van der Waals surface area contributed by atoms with Crippen LogP contribution in [-0.2, 0) is 23.1 Å². The molecular formula is C18H21N5O3S. The van der Waals surface area contributed by atoms with Crippen LogP contribution in [-0.4, -0.2) is 30.4 Å². The van der Waals surface area contributed by atoms with E-state index >= 15 is 0 Å². The summed E-state index contributed by atoms with van der Waals surface area (Å²) in [5.74, 6) is 4.72. The molecule has 0 aliphatic carbocycles. The summed E-state index contributed by atoms with van der Waals surface area (Å²) in [7, 11) is -3.51. The molecule has 0 saturated carbocycles. The van der Waals surface area contributed by atoms with E-state index in [1.54, 1.807) is 36.5 Å². The number of nitrogens with two attached hydrogens (primary N) is 1. The fraction of sp³-hybridized carbons (Fsp3) is 0.222. The van der Waals surface area contributed by atoms with Crippen LogP contribution >= 0.6 is 0 Å². The van der Waals surface area contributed by atoms with Crippen LogP contribution in [0.25, 0.3) is 10.9 Å². The molecule has 0 aliphatic rings. The second kappa shape index (κ2) is 7.37. The fourth-order valence-corrected chi connectivity index (χ4v) is 3.76. The van der Waals surface area contributed by atoms with Gasteiger partial charge in [0.2, 0.25) is 10.0 Å². The standard InChI is InChI=1S/C18H21N5O3S/c1-3-22-17-10-16(9-8-15(17)11-20-22)23(27(2,25)26)12-13-4-6-14(7-5-13)18(24)21-19/h4-11H,3,12,19H2,1-2H3,(H,21,24). The van der Waals surface area contributed by atoms with Crippen LogP contribution < -0.4 is 15.6 Å². The summed E-state index contributed by atoms with van der Waals surface area (Å²) < 4.78 is 28.0. The second-order valence-corrected chi connectivity index (χ2v) is 8.05. The highest BCUT2D eigenvalue weighted by Gasteiger charge is 2.19. The first kappa shape index (κ1) is 18.9. The highest BCUT2D eigenvalue weighted by molar-refractivity contribution is 7.92. The molecule has 0 aliphatic heterocycles. The molecular weight excluding hydrogens is 366 g/mol. The van der Waals surface area contributed by atoms with Gasteiger partial charge in [0.25, 0.3) is 5.91 Å². The van der Waals surface area contributed by atoms with Gasteiger partial charge < -0.3 is 0 Å².